The fraction of sp³-hybridized carbons (Fsp3) is 0.560. The summed E-state index contributed by atoms with van der Waals surface area (Å²) in [5, 5.41) is 0. The van der Waals surface area contributed by atoms with Gasteiger partial charge >= 0.3 is 11.9 Å². The summed E-state index contributed by atoms with van der Waals surface area (Å²) in [5.74, 6) is -1.01. The molecule has 0 spiro atoms. The first-order valence-corrected chi connectivity index (χ1v) is 11.2. The molecule has 1 heterocycles. The quantitative estimate of drug-likeness (QED) is 0.670. The van der Waals surface area contributed by atoms with Crippen LogP contribution in [-0.4, -0.2) is 63.3 Å². The van der Waals surface area contributed by atoms with E-state index in [4.69, 9.17) is 14.2 Å². The van der Waals surface area contributed by atoms with Gasteiger partial charge in [0.05, 0.1) is 44.0 Å². The molecular weight excluding hydrogens is 410 g/mol. The van der Waals surface area contributed by atoms with Crippen LogP contribution in [0.2, 0.25) is 0 Å². The fourth-order valence-corrected chi connectivity index (χ4v) is 5.94. The molecule has 1 unspecified atom stereocenters. The lowest BCUT2D eigenvalue weighted by molar-refractivity contribution is -0.151. The third kappa shape index (κ3) is 3.43. The number of fused-ring (bicyclic) bond motifs is 3. The lowest BCUT2D eigenvalue weighted by atomic mass is 9.51. The largest absolute Gasteiger partial charge is 0.465 e. The van der Waals surface area contributed by atoms with E-state index in [1.54, 1.807) is 12.1 Å². The van der Waals surface area contributed by atoms with Gasteiger partial charge in [0.25, 0.3) is 0 Å². The molecule has 4 rings (SSSR count). The average molecular weight is 442 g/mol. The Morgan fingerprint density at radius 2 is 1.62 bits per heavy atom. The summed E-state index contributed by atoms with van der Waals surface area (Å²) < 4.78 is 15.3. The van der Waals surface area contributed by atoms with Crippen LogP contribution in [0, 0.1) is 11.3 Å². The number of allylic oxidation sites excluding steroid dienone is 1. The van der Waals surface area contributed by atoms with E-state index in [9.17, 15) is 14.4 Å². The lowest BCUT2D eigenvalue weighted by Gasteiger charge is -2.53. The van der Waals surface area contributed by atoms with E-state index in [1.165, 1.54) is 14.2 Å². The zero-order chi connectivity index (χ0) is 23.1. The highest BCUT2D eigenvalue weighted by Crippen LogP contribution is 2.57. The number of carbonyl (C=O) groups is 3. The van der Waals surface area contributed by atoms with Gasteiger partial charge in [0.15, 0.2) is 0 Å². The Bertz CT molecular complexity index is 979. The predicted octanol–water partition coefficient (Wildman–Crippen LogP) is 3.21. The van der Waals surface area contributed by atoms with Crippen molar-refractivity contribution in [1.82, 2.24) is 4.90 Å². The van der Waals surface area contributed by atoms with Crippen molar-refractivity contribution in [1.29, 1.82) is 0 Å². The molecule has 1 aromatic carbocycles. The van der Waals surface area contributed by atoms with Gasteiger partial charge < -0.3 is 19.1 Å². The van der Waals surface area contributed by atoms with Gasteiger partial charge in [-0.05, 0) is 36.1 Å². The van der Waals surface area contributed by atoms with Crippen molar-refractivity contribution in [2.75, 3.05) is 40.5 Å². The van der Waals surface area contributed by atoms with E-state index in [2.05, 4.69) is 19.9 Å². The molecule has 2 fully saturated rings. The van der Waals surface area contributed by atoms with Crippen molar-refractivity contribution in [3.8, 4) is 0 Å². The van der Waals surface area contributed by atoms with Gasteiger partial charge in [-0.15, -0.1) is 0 Å². The van der Waals surface area contributed by atoms with Crippen LogP contribution in [-0.2, 0) is 24.4 Å². The van der Waals surface area contributed by atoms with Crippen LogP contribution in [0.15, 0.2) is 18.2 Å². The molecule has 3 atom stereocenters. The number of nitrogens with zero attached hydrogens (tertiary/aromatic N) is 1. The van der Waals surface area contributed by atoms with Crippen LogP contribution in [0.25, 0.3) is 6.08 Å². The molecule has 1 saturated carbocycles. The van der Waals surface area contributed by atoms with Crippen molar-refractivity contribution in [3.05, 3.63) is 40.5 Å². The number of hydrogen-bond acceptors (Lipinski definition) is 6. The molecular formula is C25H31NO6. The first-order chi connectivity index (χ1) is 15.3. The normalized spacial score (nSPS) is 29.0. The number of hydrogen-bond donors (Lipinski definition) is 0. The van der Waals surface area contributed by atoms with Gasteiger partial charge in [-0.3, -0.25) is 4.79 Å². The number of methoxy groups -OCH3 is 2. The van der Waals surface area contributed by atoms with E-state index in [0.717, 1.165) is 30.4 Å². The molecule has 0 aromatic heterocycles. The number of rotatable bonds is 3. The van der Waals surface area contributed by atoms with E-state index in [-0.39, 0.29) is 28.4 Å². The van der Waals surface area contributed by atoms with Gasteiger partial charge in [0, 0.05) is 24.4 Å². The van der Waals surface area contributed by atoms with Crippen LogP contribution >= 0.6 is 0 Å². The number of morpholine rings is 1. The Morgan fingerprint density at radius 1 is 1.00 bits per heavy atom. The molecule has 172 valence electrons. The Balaban J connectivity index is 1.80. The Kier molecular flexibility index (Phi) is 5.88. The molecule has 7 heteroatoms. The molecule has 1 aliphatic heterocycles. The molecule has 3 aliphatic rings. The first-order valence-electron chi connectivity index (χ1n) is 11.2. The van der Waals surface area contributed by atoms with E-state index >= 15 is 0 Å². The minimum Gasteiger partial charge on any atom is -0.465 e. The van der Waals surface area contributed by atoms with Crippen LogP contribution in [0.4, 0.5) is 0 Å². The van der Waals surface area contributed by atoms with Gasteiger partial charge in [0.2, 0.25) is 5.91 Å². The number of carbonyl (C=O) groups excluding carboxylic acids is 3. The maximum Gasteiger partial charge on any atom is 0.338 e. The van der Waals surface area contributed by atoms with Crippen molar-refractivity contribution >= 4 is 23.9 Å². The Morgan fingerprint density at radius 3 is 2.25 bits per heavy atom. The minimum absolute atomic E-state index is 0.0268. The maximum absolute atomic E-state index is 13.7. The summed E-state index contributed by atoms with van der Waals surface area (Å²) in [6.07, 6.45) is 6.70. The second-order valence-corrected chi connectivity index (χ2v) is 9.40. The van der Waals surface area contributed by atoms with E-state index in [0.29, 0.717) is 26.3 Å². The number of benzene rings is 1. The highest BCUT2D eigenvalue weighted by Gasteiger charge is 2.55. The lowest BCUT2D eigenvalue weighted by Crippen LogP contribution is -2.56. The first kappa shape index (κ1) is 22.5. The Labute approximate surface area is 188 Å². The maximum atomic E-state index is 13.7. The summed E-state index contributed by atoms with van der Waals surface area (Å²) in [4.78, 5) is 40.5. The van der Waals surface area contributed by atoms with Crippen molar-refractivity contribution in [2.45, 2.75) is 38.5 Å². The van der Waals surface area contributed by atoms with Crippen molar-refractivity contribution < 1.29 is 28.6 Å². The molecule has 32 heavy (non-hydrogen) atoms. The summed E-state index contributed by atoms with van der Waals surface area (Å²) in [6, 6.07) is 3.48. The smallest absolute Gasteiger partial charge is 0.338 e. The monoisotopic (exact) mass is 441 g/mol. The van der Waals surface area contributed by atoms with Crippen LogP contribution in [0.1, 0.15) is 65.0 Å². The molecule has 1 amide bonds. The standard InChI is InChI=1S/C25H31NO6/c1-24-8-5-9-25(2,23(29)26-10-12-32-13-11-26)20(24)7-6-16-14-17(21(27)30-3)18(15-19(16)24)22(28)31-4/h6-7,14-15,20H,5,8-13H2,1-4H3/t20?,24-,25+/m1/s1. The topological polar surface area (TPSA) is 82.1 Å². The SMILES string of the molecule is COC(=O)c1cc2c(cc1C(=O)OC)[C@@]1(C)CCC[C@](C)(C(=O)N3CCOCC3)C1C=C2. The molecule has 1 aromatic rings. The predicted molar refractivity (Wildman–Crippen MR) is 118 cm³/mol. The second-order valence-electron chi connectivity index (χ2n) is 9.40. The highest BCUT2D eigenvalue weighted by atomic mass is 16.5. The molecule has 2 aliphatic carbocycles. The van der Waals surface area contributed by atoms with E-state index < -0.39 is 17.4 Å². The fourth-order valence-electron chi connectivity index (χ4n) is 5.94. The van der Waals surface area contributed by atoms with Gasteiger partial charge in [-0.25, -0.2) is 9.59 Å². The zero-order valence-corrected chi connectivity index (χ0v) is 19.2. The molecule has 7 nitrogen and oxygen atoms in total. The average Bonchev–Trinajstić information content (AvgIpc) is 2.82. The third-order valence-corrected chi connectivity index (χ3v) is 7.64. The Hall–Kier alpha value is -2.67. The van der Waals surface area contributed by atoms with Crippen LogP contribution < -0.4 is 0 Å². The summed E-state index contributed by atoms with van der Waals surface area (Å²) in [6.45, 7) is 6.62. The molecule has 0 radical (unpaired) electrons. The van der Waals surface area contributed by atoms with Crippen molar-refractivity contribution in [2.24, 2.45) is 11.3 Å². The molecule has 1 saturated heterocycles. The second kappa shape index (κ2) is 8.35. The van der Waals surface area contributed by atoms with Gasteiger partial charge in [-0.2, -0.15) is 0 Å². The summed E-state index contributed by atoms with van der Waals surface area (Å²) in [5.41, 5.74) is 1.33. The molecule has 0 bridgehead atoms. The van der Waals surface area contributed by atoms with E-state index in [1.807, 2.05) is 11.0 Å². The van der Waals surface area contributed by atoms with Crippen LogP contribution in [0.3, 0.4) is 0 Å². The number of ether oxygens (including phenoxy) is 3. The number of esters is 2. The third-order valence-electron chi connectivity index (χ3n) is 7.64. The summed E-state index contributed by atoms with van der Waals surface area (Å²) in [7, 11) is 2.59. The summed E-state index contributed by atoms with van der Waals surface area (Å²) >= 11 is 0. The van der Waals surface area contributed by atoms with Gasteiger partial charge in [0.1, 0.15) is 0 Å². The van der Waals surface area contributed by atoms with Crippen molar-refractivity contribution in [3.63, 3.8) is 0 Å². The van der Waals surface area contributed by atoms with Crippen LogP contribution in [0.5, 0.6) is 0 Å². The molecule has 0 N–H and O–H groups in total. The zero-order valence-electron chi connectivity index (χ0n) is 19.2. The minimum atomic E-state index is -0.579. The van der Waals surface area contributed by atoms with Gasteiger partial charge in [-0.1, -0.05) is 32.4 Å². The number of amides is 1. The highest BCUT2D eigenvalue weighted by molar-refractivity contribution is 6.04.